The zero-order chi connectivity index (χ0) is 9.68. The summed E-state index contributed by atoms with van der Waals surface area (Å²) in [6, 6.07) is 9.05. The molecule has 0 saturated carbocycles. The van der Waals surface area contributed by atoms with Gasteiger partial charge in [-0.25, -0.2) is 0 Å². The third-order valence-electron chi connectivity index (χ3n) is 1.72. The number of hydrogen-bond acceptors (Lipinski definition) is 2. The van der Waals surface area contributed by atoms with E-state index in [0.717, 1.165) is 0 Å². The van der Waals surface area contributed by atoms with Crippen LogP contribution in [0.1, 0.15) is 17.3 Å². The maximum absolute atomic E-state index is 11.4. The number of nitrogens with one attached hydrogen (secondary N) is 1. The highest BCUT2D eigenvalue weighted by Crippen LogP contribution is 1.98. The molecule has 1 aromatic carbocycles. The summed E-state index contributed by atoms with van der Waals surface area (Å²) < 4.78 is 4.91. The predicted molar refractivity (Wildman–Crippen MR) is 50.4 cm³/mol. The molecule has 0 aliphatic rings. The standard InChI is InChI=1S/C10H13NO2/c1-8(13-2)11-10(12)9-6-4-3-5-7-9/h3-8H,1-2H3,(H,11,12)/t8-/m1/s1. The molecule has 1 atom stereocenters. The van der Waals surface area contributed by atoms with E-state index >= 15 is 0 Å². The normalized spacial score (nSPS) is 12.2. The van der Waals surface area contributed by atoms with E-state index in [1.807, 2.05) is 18.2 Å². The first-order valence-corrected chi connectivity index (χ1v) is 4.12. The molecule has 1 amide bonds. The Morgan fingerprint density at radius 1 is 1.38 bits per heavy atom. The van der Waals surface area contributed by atoms with E-state index in [-0.39, 0.29) is 12.1 Å². The van der Waals surface area contributed by atoms with Crippen LogP contribution >= 0.6 is 0 Å². The SMILES string of the molecule is CO[C@H](C)NC(=O)c1ccccc1. The van der Waals surface area contributed by atoms with E-state index in [4.69, 9.17) is 4.74 Å². The van der Waals surface area contributed by atoms with Crippen LogP contribution in [0.2, 0.25) is 0 Å². The minimum Gasteiger partial charge on any atom is -0.362 e. The van der Waals surface area contributed by atoms with Gasteiger partial charge in [-0.2, -0.15) is 0 Å². The summed E-state index contributed by atoms with van der Waals surface area (Å²) in [7, 11) is 1.55. The molecule has 0 aliphatic carbocycles. The summed E-state index contributed by atoms with van der Waals surface area (Å²) in [4.78, 5) is 11.4. The summed E-state index contributed by atoms with van der Waals surface area (Å²) in [6.45, 7) is 1.78. The quantitative estimate of drug-likeness (QED) is 0.712. The van der Waals surface area contributed by atoms with Gasteiger partial charge in [-0.05, 0) is 19.1 Å². The van der Waals surface area contributed by atoms with Gasteiger partial charge in [0.2, 0.25) is 0 Å². The van der Waals surface area contributed by atoms with Crippen LogP contribution in [0.4, 0.5) is 0 Å². The minimum atomic E-state index is -0.257. The second kappa shape index (κ2) is 4.62. The van der Waals surface area contributed by atoms with Crippen LogP contribution in [0.5, 0.6) is 0 Å². The first-order chi connectivity index (χ1) is 6.24. The molecule has 0 saturated heterocycles. The molecule has 70 valence electrons. The van der Waals surface area contributed by atoms with Crippen molar-refractivity contribution in [2.45, 2.75) is 13.2 Å². The zero-order valence-corrected chi connectivity index (χ0v) is 7.78. The number of rotatable bonds is 3. The van der Waals surface area contributed by atoms with Crippen LogP contribution in [0.3, 0.4) is 0 Å². The maximum atomic E-state index is 11.4. The van der Waals surface area contributed by atoms with Gasteiger partial charge in [0.1, 0.15) is 6.23 Å². The lowest BCUT2D eigenvalue weighted by Gasteiger charge is -2.11. The Hall–Kier alpha value is -1.35. The number of carbonyl (C=O) groups excluding carboxylic acids is 1. The molecule has 1 N–H and O–H groups in total. The smallest absolute Gasteiger partial charge is 0.253 e. The number of hydrogen-bond donors (Lipinski definition) is 1. The Morgan fingerprint density at radius 3 is 2.54 bits per heavy atom. The zero-order valence-electron chi connectivity index (χ0n) is 7.78. The Bertz CT molecular complexity index is 272. The van der Waals surface area contributed by atoms with Gasteiger partial charge in [-0.15, -0.1) is 0 Å². The number of methoxy groups -OCH3 is 1. The first kappa shape index (κ1) is 9.74. The highest BCUT2D eigenvalue weighted by Gasteiger charge is 2.06. The van der Waals surface area contributed by atoms with Gasteiger partial charge in [-0.3, -0.25) is 4.79 Å². The van der Waals surface area contributed by atoms with Crippen LogP contribution in [-0.4, -0.2) is 19.2 Å². The summed E-state index contributed by atoms with van der Waals surface area (Å²) >= 11 is 0. The van der Waals surface area contributed by atoms with Gasteiger partial charge in [0.25, 0.3) is 5.91 Å². The van der Waals surface area contributed by atoms with Crippen LogP contribution < -0.4 is 5.32 Å². The lowest BCUT2D eigenvalue weighted by Crippen LogP contribution is -2.33. The molecule has 1 rings (SSSR count). The third kappa shape index (κ3) is 2.87. The fourth-order valence-electron chi connectivity index (χ4n) is 0.916. The second-order valence-electron chi connectivity index (χ2n) is 2.72. The highest BCUT2D eigenvalue weighted by atomic mass is 16.5. The van der Waals surface area contributed by atoms with E-state index in [1.54, 1.807) is 26.2 Å². The molecule has 0 aromatic heterocycles. The Balaban J connectivity index is 2.59. The highest BCUT2D eigenvalue weighted by molar-refractivity contribution is 5.94. The molecule has 0 bridgehead atoms. The molecule has 0 radical (unpaired) electrons. The summed E-state index contributed by atoms with van der Waals surface area (Å²) in [6.07, 6.45) is -0.257. The van der Waals surface area contributed by atoms with Crippen molar-refractivity contribution in [1.82, 2.24) is 5.32 Å². The maximum Gasteiger partial charge on any atom is 0.253 e. The third-order valence-corrected chi connectivity index (χ3v) is 1.72. The van der Waals surface area contributed by atoms with Crippen molar-refractivity contribution in [3.8, 4) is 0 Å². The van der Waals surface area contributed by atoms with E-state index in [9.17, 15) is 4.79 Å². The number of benzene rings is 1. The summed E-state index contributed by atoms with van der Waals surface area (Å²) in [5.41, 5.74) is 0.645. The number of carbonyl (C=O) groups is 1. The lowest BCUT2D eigenvalue weighted by molar-refractivity contribution is 0.0658. The van der Waals surface area contributed by atoms with Crippen molar-refractivity contribution in [2.24, 2.45) is 0 Å². The van der Waals surface area contributed by atoms with Crippen molar-refractivity contribution in [3.63, 3.8) is 0 Å². The molecule has 0 heterocycles. The van der Waals surface area contributed by atoms with Crippen molar-refractivity contribution in [1.29, 1.82) is 0 Å². The van der Waals surface area contributed by atoms with Gasteiger partial charge in [0, 0.05) is 12.7 Å². The van der Waals surface area contributed by atoms with Crippen molar-refractivity contribution in [2.75, 3.05) is 7.11 Å². The van der Waals surface area contributed by atoms with Crippen LogP contribution in [-0.2, 0) is 4.74 Å². The van der Waals surface area contributed by atoms with Crippen LogP contribution in [0, 0.1) is 0 Å². The average Bonchev–Trinajstić information content (AvgIpc) is 2.19. The molecule has 0 unspecified atom stereocenters. The second-order valence-corrected chi connectivity index (χ2v) is 2.72. The van der Waals surface area contributed by atoms with Gasteiger partial charge < -0.3 is 10.1 Å². The van der Waals surface area contributed by atoms with Crippen LogP contribution in [0.15, 0.2) is 30.3 Å². The van der Waals surface area contributed by atoms with Gasteiger partial charge in [0.05, 0.1) is 0 Å². The molecule has 13 heavy (non-hydrogen) atoms. The average molecular weight is 179 g/mol. The molecule has 0 aliphatic heterocycles. The number of ether oxygens (including phenoxy) is 1. The fraction of sp³-hybridized carbons (Fsp3) is 0.300. The van der Waals surface area contributed by atoms with Gasteiger partial charge in [0.15, 0.2) is 0 Å². The topological polar surface area (TPSA) is 38.3 Å². The van der Waals surface area contributed by atoms with Crippen molar-refractivity contribution in [3.05, 3.63) is 35.9 Å². The van der Waals surface area contributed by atoms with E-state index in [0.29, 0.717) is 5.56 Å². The molecule has 3 nitrogen and oxygen atoms in total. The molecule has 3 heteroatoms. The first-order valence-electron chi connectivity index (χ1n) is 4.12. The van der Waals surface area contributed by atoms with Crippen molar-refractivity contribution >= 4 is 5.91 Å². The summed E-state index contributed by atoms with van der Waals surface area (Å²) in [5, 5.41) is 2.68. The molecule has 1 aromatic rings. The largest absolute Gasteiger partial charge is 0.362 e. The molecule has 0 spiro atoms. The predicted octanol–water partition coefficient (Wildman–Crippen LogP) is 1.41. The molecular formula is C10H13NO2. The van der Waals surface area contributed by atoms with Gasteiger partial charge >= 0.3 is 0 Å². The Labute approximate surface area is 77.7 Å². The molecule has 0 fully saturated rings. The lowest BCUT2D eigenvalue weighted by atomic mass is 10.2. The van der Waals surface area contributed by atoms with Crippen molar-refractivity contribution < 1.29 is 9.53 Å². The summed E-state index contributed by atoms with van der Waals surface area (Å²) in [5.74, 6) is -0.116. The number of amides is 1. The Morgan fingerprint density at radius 2 is 2.00 bits per heavy atom. The van der Waals surface area contributed by atoms with E-state index in [1.165, 1.54) is 0 Å². The molecular weight excluding hydrogens is 166 g/mol. The van der Waals surface area contributed by atoms with E-state index < -0.39 is 0 Å². The van der Waals surface area contributed by atoms with Gasteiger partial charge in [-0.1, -0.05) is 18.2 Å². The Kier molecular flexibility index (Phi) is 3.46. The monoisotopic (exact) mass is 179 g/mol. The van der Waals surface area contributed by atoms with Crippen LogP contribution in [0.25, 0.3) is 0 Å². The fourth-order valence-corrected chi connectivity index (χ4v) is 0.916. The van der Waals surface area contributed by atoms with E-state index in [2.05, 4.69) is 5.32 Å². The minimum absolute atomic E-state index is 0.116.